The minimum atomic E-state index is -0.177. The Morgan fingerprint density at radius 2 is 2.32 bits per heavy atom. The lowest BCUT2D eigenvalue weighted by Crippen LogP contribution is -2.54. The number of likely N-dealkylation sites (N-methyl/N-ethyl adjacent to an activating group) is 1. The third kappa shape index (κ3) is 2.95. The molecule has 2 aliphatic rings. The van der Waals surface area contributed by atoms with Crippen molar-refractivity contribution < 1.29 is 9.53 Å². The van der Waals surface area contributed by atoms with E-state index in [-0.39, 0.29) is 17.6 Å². The molecule has 1 amide bonds. The molecule has 2 fully saturated rings. The average Bonchev–Trinajstić information content (AvgIpc) is 2.85. The van der Waals surface area contributed by atoms with Crippen molar-refractivity contribution in [2.45, 2.75) is 58.1 Å². The van der Waals surface area contributed by atoms with Gasteiger partial charge in [0.15, 0.2) is 0 Å². The Bertz CT molecular complexity index is 308. The van der Waals surface area contributed by atoms with Gasteiger partial charge >= 0.3 is 0 Å². The van der Waals surface area contributed by atoms with Crippen molar-refractivity contribution >= 4 is 5.91 Å². The molecule has 0 bridgehead atoms. The van der Waals surface area contributed by atoms with E-state index in [1.54, 1.807) is 0 Å². The highest BCUT2D eigenvalue weighted by atomic mass is 16.5. The van der Waals surface area contributed by atoms with E-state index in [4.69, 9.17) is 4.74 Å². The number of hydrogen-bond acceptors (Lipinski definition) is 3. The van der Waals surface area contributed by atoms with Crippen LogP contribution < -0.4 is 5.32 Å². The first kappa shape index (κ1) is 14.8. The van der Waals surface area contributed by atoms with E-state index >= 15 is 0 Å². The number of nitrogens with one attached hydrogen (secondary N) is 1. The molecule has 2 saturated heterocycles. The second-order valence-electron chi connectivity index (χ2n) is 6.16. The van der Waals surface area contributed by atoms with Crippen molar-refractivity contribution in [2.75, 3.05) is 26.7 Å². The summed E-state index contributed by atoms with van der Waals surface area (Å²) < 4.78 is 5.61. The first-order chi connectivity index (χ1) is 9.10. The summed E-state index contributed by atoms with van der Waals surface area (Å²) >= 11 is 0. The number of hydrogen-bond donors (Lipinski definition) is 1. The fourth-order valence-corrected chi connectivity index (χ4v) is 3.70. The molecule has 0 aromatic heterocycles. The van der Waals surface area contributed by atoms with E-state index in [9.17, 15) is 4.79 Å². The summed E-state index contributed by atoms with van der Waals surface area (Å²) in [6.07, 6.45) is 5.33. The number of carbonyl (C=O) groups is 1. The molecule has 3 atom stereocenters. The third-order valence-electron chi connectivity index (χ3n) is 4.81. The predicted molar refractivity (Wildman–Crippen MR) is 76.0 cm³/mol. The molecule has 4 heteroatoms. The Labute approximate surface area is 116 Å². The number of rotatable bonds is 4. The molecule has 0 spiro atoms. The standard InChI is InChI=1S/C15H28N2O2/c1-4-7-15(8-5-9-16-11-15)14(18)17(3)13-6-10-19-12(13)2/h12-13,16H,4-11H2,1-3H3. The predicted octanol–water partition coefficient (Wildman–Crippen LogP) is 1.79. The van der Waals surface area contributed by atoms with Gasteiger partial charge in [0, 0.05) is 20.2 Å². The molecule has 110 valence electrons. The fourth-order valence-electron chi connectivity index (χ4n) is 3.70. The van der Waals surface area contributed by atoms with Gasteiger partial charge in [0.25, 0.3) is 0 Å². The van der Waals surface area contributed by atoms with E-state index in [0.29, 0.717) is 5.91 Å². The van der Waals surface area contributed by atoms with Crippen LogP contribution in [0.25, 0.3) is 0 Å². The van der Waals surface area contributed by atoms with Crippen LogP contribution in [0.5, 0.6) is 0 Å². The molecule has 19 heavy (non-hydrogen) atoms. The van der Waals surface area contributed by atoms with Crippen molar-refractivity contribution in [2.24, 2.45) is 5.41 Å². The first-order valence-corrected chi connectivity index (χ1v) is 7.70. The number of ether oxygens (including phenoxy) is 1. The summed E-state index contributed by atoms with van der Waals surface area (Å²) in [5, 5.41) is 3.42. The lowest BCUT2D eigenvalue weighted by atomic mass is 9.75. The van der Waals surface area contributed by atoms with E-state index in [2.05, 4.69) is 19.2 Å². The summed E-state index contributed by atoms with van der Waals surface area (Å²) in [6.45, 7) is 6.91. The monoisotopic (exact) mass is 268 g/mol. The van der Waals surface area contributed by atoms with Crippen LogP contribution in [0.2, 0.25) is 0 Å². The summed E-state index contributed by atoms with van der Waals surface area (Å²) in [5.74, 6) is 0.323. The van der Waals surface area contributed by atoms with Gasteiger partial charge in [0.2, 0.25) is 5.91 Å². The van der Waals surface area contributed by atoms with Crippen LogP contribution >= 0.6 is 0 Å². The number of amides is 1. The molecule has 2 heterocycles. The van der Waals surface area contributed by atoms with E-state index in [1.807, 2.05) is 11.9 Å². The minimum absolute atomic E-state index is 0.171. The van der Waals surface area contributed by atoms with Gasteiger partial charge in [0.05, 0.1) is 17.6 Å². The van der Waals surface area contributed by atoms with Gasteiger partial charge in [-0.1, -0.05) is 13.3 Å². The van der Waals surface area contributed by atoms with Gasteiger partial charge in [-0.3, -0.25) is 4.79 Å². The Balaban J connectivity index is 2.09. The van der Waals surface area contributed by atoms with E-state index in [1.165, 1.54) is 0 Å². The Morgan fingerprint density at radius 3 is 2.84 bits per heavy atom. The summed E-state index contributed by atoms with van der Waals surface area (Å²) in [7, 11) is 1.96. The molecular formula is C15H28N2O2. The van der Waals surface area contributed by atoms with Gasteiger partial charge in [0.1, 0.15) is 0 Å². The maximum absolute atomic E-state index is 13.0. The topological polar surface area (TPSA) is 41.6 Å². The third-order valence-corrected chi connectivity index (χ3v) is 4.81. The molecule has 4 nitrogen and oxygen atoms in total. The number of piperidine rings is 1. The second-order valence-corrected chi connectivity index (χ2v) is 6.16. The zero-order valence-electron chi connectivity index (χ0n) is 12.6. The van der Waals surface area contributed by atoms with Crippen molar-refractivity contribution in [3.05, 3.63) is 0 Å². The highest BCUT2D eigenvalue weighted by Crippen LogP contribution is 2.35. The molecular weight excluding hydrogens is 240 g/mol. The van der Waals surface area contributed by atoms with E-state index in [0.717, 1.165) is 51.8 Å². The maximum atomic E-state index is 13.0. The Kier molecular flexibility index (Phi) is 4.85. The van der Waals surface area contributed by atoms with Crippen molar-refractivity contribution in [1.29, 1.82) is 0 Å². The smallest absolute Gasteiger partial charge is 0.230 e. The Morgan fingerprint density at radius 1 is 1.53 bits per heavy atom. The van der Waals surface area contributed by atoms with Crippen molar-refractivity contribution in [3.63, 3.8) is 0 Å². The van der Waals surface area contributed by atoms with Gasteiger partial charge < -0.3 is 15.0 Å². The fraction of sp³-hybridized carbons (Fsp3) is 0.933. The highest BCUT2D eigenvalue weighted by Gasteiger charge is 2.43. The van der Waals surface area contributed by atoms with Crippen LogP contribution in [0.3, 0.4) is 0 Å². The number of nitrogens with zero attached hydrogens (tertiary/aromatic N) is 1. The van der Waals surface area contributed by atoms with Crippen molar-refractivity contribution in [1.82, 2.24) is 10.2 Å². The molecule has 0 saturated carbocycles. The average molecular weight is 268 g/mol. The van der Waals surface area contributed by atoms with Crippen LogP contribution in [-0.2, 0) is 9.53 Å². The number of carbonyl (C=O) groups excluding carboxylic acids is 1. The second kappa shape index (κ2) is 6.23. The zero-order valence-corrected chi connectivity index (χ0v) is 12.6. The van der Waals surface area contributed by atoms with Gasteiger partial charge in [-0.25, -0.2) is 0 Å². The quantitative estimate of drug-likeness (QED) is 0.845. The highest BCUT2D eigenvalue weighted by molar-refractivity contribution is 5.83. The van der Waals surface area contributed by atoms with Crippen LogP contribution in [0.1, 0.15) is 46.0 Å². The van der Waals surface area contributed by atoms with E-state index < -0.39 is 0 Å². The summed E-state index contributed by atoms with van der Waals surface area (Å²) in [6, 6.07) is 0.253. The molecule has 0 aromatic rings. The van der Waals surface area contributed by atoms with Crippen LogP contribution in [0.15, 0.2) is 0 Å². The van der Waals surface area contributed by atoms with Gasteiger partial charge in [-0.2, -0.15) is 0 Å². The van der Waals surface area contributed by atoms with Crippen LogP contribution in [0, 0.1) is 5.41 Å². The lowest BCUT2D eigenvalue weighted by Gasteiger charge is -2.41. The molecule has 0 aliphatic carbocycles. The first-order valence-electron chi connectivity index (χ1n) is 7.70. The molecule has 0 radical (unpaired) electrons. The molecule has 0 aromatic carbocycles. The summed E-state index contributed by atoms with van der Waals surface area (Å²) in [4.78, 5) is 14.9. The van der Waals surface area contributed by atoms with Crippen LogP contribution in [0.4, 0.5) is 0 Å². The molecule has 2 rings (SSSR count). The van der Waals surface area contributed by atoms with Crippen LogP contribution in [-0.4, -0.2) is 49.7 Å². The zero-order chi connectivity index (χ0) is 13.9. The normalized spacial score (nSPS) is 35.3. The summed E-state index contributed by atoms with van der Waals surface area (Å²) in [5.41, 5.74) is -0.177. The maximum Gasteiger partial charge on any atom is 0.230 e. The molecule has 3 unspecified atom stereocenters. The lowest BCUT2D eigenvalue weighted by molar-refractivity contribution is -0.145. The Hall–Kier alpha value is -0.610. The van der Waals surface area contributed by atoms with Crippen molar-refractivity contribution in [3.8, 4) is 0 Å². The van der Waals surface area contributed by atoms with Gasteiger partial charge in [-0.15, -0.1) is 0 Å². The minimum Gasteiger partial charge on any atom is -0.376 e. The largest absolute Gasteiger partial charge is 0.376 e. The molecule has 1 N–H and O–H groups in total. The SMILES string of the molecule is CCCC1(C(=O)N(C)C2CCOC2C)CCCNC1. The van der Waals surface area contributed by atoms with Gasteiger partial charge in [-0.05, 0) is 39.2 Å². The molecule has 2 aliphatic heterocycles.